The average molecular weight is 253 g/mol. The van der Waals surface area contributed by atoms with Gasteiger partial charge in [-0.25, -0.2) is 4.98 Å². The lowest BCUT2D eigenvalue weighted by atomic mass is 10.3. The third-order valence-corrected chi connectivity index (χ3v) is 3.38. The van der Waals surface area contributed by atoms with E-state index in [1.165, 1.54) is 11.3 Å². The Labute approximate surface area is 102 Å². The molecular weight excluding hydrogens is 244 g/mol. The number of pyridine rings is 1. The molecule has 2 rings (SSSR count). The number of halogens is 1. The maximum absolute atomic E-state index is 11.8. The van der Waals surface area contributed by atoms with Gasteiger partial charge in [-0.15, -0.1) is 11.3 Å². The van der Waals surface area contributed by atoms with Crippen molar-refractivity contribution in [3.05, 3.63) is 45.2 Å². The second-order valence-electron chi connectivity index (χ2n) is 3.22. The van der Waals surface area contributed by atoms with Crippen molar-refractivity contribution < 1.29 is 4.79 Å². The maximum Gasteiger partial charge on any atom is 0.267 e. The quantitative estimate of drug-likeness (QED) is 0.891. The van der Waals surface area contributed by atoms with Crippen LogP contribution in [0.3, 0.4) is 0 Å². The Hall–Kier alpha value is -1.39. The Morgan fingerprint density at radius 2 is 2.31 bits per heavy atom. The highest BCUT2D eigenvalue weighted by Gasteiger charge is 2.12. The predicted octanol–water partition coefficient (Wildman–Crippen LogP) is 3.36. The van der Waals surface area contributed by atoms with E-state index in [0.717, 1.165) is 5.56 Å². The summed E-state index contributed by atoms with van der Waals surface area (Å²) in [6.45, 7) is 1.89. The number of aryl methyl sites for hydroxylation is 1. The second kappa shape index (κ2) is 4.63. The van der Waals surface area contributed by atoms with E-state index in [-0.39, 0.29) is 5.91 Å². The fourth-order valence-electron chi connectivity index (χ4n) is 1.25. The minimum absolute atomic E-state index is 0.173. The number of hydrogen-bond donors (Lipinski definition) is 1. The smallest absolute Gasteiger partial charge is 0.267 e. The number of hydrogen-bond acceptors (Lipinski definition) is 3. The van der Waals surface area contributed by atoms with Gasteiger partial charge in [0.25, 0.3) is 5.91 Å². The molecule has 3 nitrogen and oxygen atoms in total. The molecule has 0 spiro atoms. The van der Waals surface area contributed by atoms with Crippen LogP contribution < -0.4 is 5.32 Å². The van der Waals surface area contributed by atoms with Crippen molar-refractivity contribution in [2.45, 2.75) is 6.92 Å². The summed E-state index contributed by atoms with van der Waals surface area (Å²) in [5.41, 5.74) is 0.953. The Balaban J connectivity index is 2.21. The van der Waals surface area contributed by atoms with Gasteiger partial charge >= 0.3 is 0 Å². The summed E-state index contributed by atoms with van der Waals surface area (Å²) in [7, 11) is 0. The lowest BCUT2D eigenvalue weighted by Crippen LogP contribution is -2.12. The van der Waals surface area contributed by atoms with Crippen LogP contribution in [-0.2, 0) is 0 Å². The third-order valence-electron chi connectivity index (χ3n) is 2.06. The van der Waals surface area contributed by atoms with E-state index < -0.39 is 0 Å². The molecule has 0 aromatic carbocycles. The molecule has 0 atom stereocenters. The minimum Gasteiger partial charge on any atom is -0.305 e. The molecule has 0 aliphatic rings. The number of nitrogens with one attached hydrogen (secondary N) is 1. The molecule has 16 heavy (non-hydrogen) atoms. The van der Waals surface area contributed by atoms with Crippen LogP contribution in [0.15, 0.2) is 29.8 Å². The number of aromatic nitrogens is 1. The zero-order valence-electron chi connectivity index (χ0n) is 8.53. The Morgan fingerprint density at radius 3 is 2.94 bits per heavy atom. The summed E-state index contributed by atoms with van der Waals surface area (Å²) in [5, 5.41) is 5.00. The molecule has 0 unspecified atom stereocenters. The summed E-state index contributed by atoms with van der Waals surface area (Å²) in [6, 6.07) is 5.30. The Morgan fingerprint density at radius 1 is 1.50 bits per heavy atom. The van der Waals surface area contributed by atoms with Crippen molar-refractivity contribution in [2.24, 2.45) is 0 Å². The van der Waals surface area contributed by atoms with Crippen molar-refractivity contribution in [2.75, 3.05) is 5.32 Å². The predicted molar refractivity (Wildman–Crippen MR) is 66.3 cm³/mol. The molecule has 0 radical (unpaired) electrons. The molecule has 2 heterocycles. The number of rotatable bonds is 2. The molecule has 82 valence electrons. The largest absolute Gasteiger partial charge is 0.305 e. The van der Waals surface area contributed by atoms with Gasteiger partial charge in [-0.2, -0.15) is 0 Å². The maximum atomic E-state index is 11.8. The zero-order valence-corrected chi connectivity index (χ0v) is 10.1. The summed E-state index contributed by atoms with van der Waals surface area (Å²) in [4.78, 5) is 16.5. The van der Waals surface area contributed by atoms with Crippen molar-refractivity contribution in [1.82, 2.24) is 4.98 Å². The van der Waals surface area contributed by atoms with Crippen LogP contribution in [0.1, 0.15) is 15.2 Å². The molecule has 0 saturated carbocycles. The van der Waals surface area contributed by atoms with Gasteiger partial charge in [0.2, 0.25) is 0 Å². The van der Waals surface area contributed by atoms with Crippen LogP contribution in [-0.4, -0.2) is 10.9 Å². The van der Waals surface area contributed by atoms with Gasteiger partial charge in [0.1, 0.15) is 0 Å². The number of carbonyl (C=O) groups is 1. The molecule has 5 heteroatoms. The van der Waals surface area contributed by atoms with E-state index in [1.807, 2.05) is 18.4 Å². The topological polar surface area (TPSA) is 42.0 Å². The van der Waals surface area contributed by atoms with E-state index in [9.17, 15) is 4.79 Å². The van der Waals surface area contributed by atoms with Gasteiger partial charge in [0.15, 0.2) is 5.82 Å². The molecule has 2 aromatic heterocycles. The highest BCUT2D eigenvalue weighted by molar-refractivity contribution is 7.12. The molecule has 1 N–H and O–H groups in total. The lowest BCUT2D eigenvalue weighted by Gasteiger charge is -2.04. The Bertz CT molecular complexity index is 524. The normalized spacial score (nSPS) is 10.1. The first-order valence-electron chi connectivity index (χ1n) is 4.64. The number of nitrogens with zero attached hydrogens (tertiary/aromatic N) is 1. The van der Waals surface area contributed by atoms with E-state index in [4.69, 9.17) is 11.6 Å². The number of thiophene rings is 1. The van der Waals surface area contributed by atoms with Gasteiger partial charge in [-0.3, -0.25) is 4.79 Å². The monoisotopic (exact) mass is 252 g/mol. The molecule has 2 aromatic rings. The van der Waals surface area contributed by atoms with Gasteiger partial charge in [0, 0.05) is 6.20 Å². The molecule has 0 aliphatic heterocycles. The average Bonchev–Trinajstić information content (AvgIpc) is 2.68. The van der Waals surface area contributed by atoms with Gasteiger partial charge in [0.05, 0.1) is 9.90 Å². The molecule has 0 fully saturated rings. The molecule has 1 amide bonds. The van der Waals surface area contributed by atoms with Gasteiger partial charge in [-0.1, -0.05) is 11.6 Å². The number of amides is 1. The van der Waals surface area contributed by atoms with Crippen LogP contribution in [0.25, 0.3) is 0 Å². The summed E-state index contributed by atoms with van der Waals surface area (Å²) in [6.07, 6.45) is 1.59. The summed E-state index contributed by atoms with van der Waals surface area (Å²) in [5.74, 6) is 0.218. The van der Waals surface area contributed by atoms with Crippen LogP contribution in [0, 0.1) is 6.92 Å². The first kappa shape index (κ1) is 11.1. The second-order valence-corrected chi connectivity index (χ2v) is 4.54. The molecular formula is C11H9ClN2OS. The third kappa shape index (κ3) is 2.23. The number of anilines is 1. The van der Waals surface area contributed by atoms with E-state index in [0.29, 0.717) is 15.7 Å². The molecule has 0 bridgehead atoms. The van der Waals surface area contributed by atoms with Crippen molar-refractivity contribution in [1.29, 1.82) is 0 Å². The Kier molecular flexibility index (Phi) is 3.22. The molecule has 0 aliphatic carbocycles. The first-order valence-corrected chi connectivity index (χ1v) is 5.90. The summed E-state index contributed by atoms with van der Waals surface area (Å²) >= 11 is 7.30. The molecule has 0 saturated heterocycles. The van der Waals surface area contributed by atoms with Crippen molar-refractivity contribution in [3.63, 3.8) is 0 Å². The van der Waals surface area contributed by atoms with Crippen LogP contribution >= 0.6 is 22.9 Å². The van der Waals surface area contributed by atoms with E-state index >= 15 is 0 Å². The van der Waals surface area contributed by atoms with Gasteiger partial charge in [-0.05, 0) is 36.1 Å². The highest BCUT2D eigenvalue weighted by Crippen LogP contribution is 2.21. The van der Waals surface area contributed by atoms with Crippen molar-refractivity contribution >= 4 is 34.7 Å². The number of carbonyl (C=O) groups excluding carboxylic acids is 1. The van der Waals surface area contributed by atoms with E-state index in [2.05, 4.69) is 10.3 Å². The summed E-state index contributed by atoms with van der Waals surface area (Å²) < 4.78 is 0. The van der Waals surface area contributed by atoms with Crippen LogP contribution in [0.5, 0.6) is 0 Å². The van der Waals surface area contributed by atoms with Gasteiger partial charge < -0.3 is 5.32 Å². The van der Waals surface area contributed by atoms with E-state index in [1.54, 1.807) is 18.3 Å². The lowest BCUT2D eigenvalue weighted by molar-refractivity contribution is 0.102. The van der Waals surface area contributed by atoms with Crippen LogP contribution in [0.2, 0.25) is 5.02 Å². The fraction of sp³-hybridized carbons (Fsp3) is 0.0909. The zero-order chi connectivity index (χ0) is 11.5. The first-order chi connectivity index (χ1) is 7.68. The SMILES string of the molecule is Cc1ccsc1C(=O)Nc1ncccc1Cl. The standard InChI is InChI=1S/C11H9ClN2OS/c1-7-4-6-16-9(7)11(15)14-10-8(12)3-2-5-13-10/h2-6H,1H3,(H,13,14,15). The highest BCUT2D eigenvalue weighted by atomic mass is 35.5. The van der Waals surface area contributed by atoms with Crippen molar-refractivity contribution in [3.8, 4) is 0 Å². The minimum atomic E-state index is -0.173. The van der Waals surface area contributed by atoms with Crippen LogP contribution in [0.4, 0.5) is 5.82 Å². The fourth-order valence-corrected chi connectivity index (χ4v) is 2.24.